The van der Waals surface area contributed by atoms with Crippen LogP contribution in [0.3, 0.4) is 0 Å². The van der Waals surface area contributed by atoms with E-state index < -0.39 is 0 Å². The second-order valence-electron chi connectivity index (χ2n) is 6.01. The van der Waals surface area contributed by atoms with Crippen molar-refractivity contribution in [2.75, 3.05) is 24.6 Å². The van der Waals surface area contributed by atoms with E-state index >= 15 is 0 Å². The number of rotatable bonds is 5. The van der Waals surface area contributed by atoms with Gasteiger partial charge in [0.2, 0.25) is 5.91 Å². The van der Waals surface area contributed by atoms with Gasteiger partial charge < -0.3 is 20.3 Å². The molecule has 23 heavy (non-hydrogen) atoms. The van der Waals surface area contributed by atoms with E-state index in [1.54, 1.807) is 0 Å². The van der Waals surface area contributed by atoms with Crippen molar-refractivity contribution in [1.82, 2.24) is 10.6 Å². The zero-order chi connectivity index (χ0) is 16.1. The van der Waals surface area contributed by atoms with Gasteiger partial charge in [-0.25, -0.2) is 0 Å². The summed E-state index contributed by atoms with van der Waals surface area (Å²) in [5.74, 6) is 0.218. The smallest absolute Gasteiger partial charge is 0.227 e. The van der Waals surface area contributed by atoms with Gasteiger partial charge in [0.25, 0.3) is 0 Å². The van der Waals surface area contributed by atoms with Crippen molar-refractivity contribution in [3.8, 4) is 0 Å². The summed E-state index contributed by atoms with van der Waals surface area (Å²) in [5, 5.41) is 7.06. The van der Waals surface area contributed by atoms with E-state index in [-0.39, 0.29) is 12.0 Å². The maximum absolute atomic E-state index is 11.7. The quantitative estimate of drug-likeness (QED) is 0.807. The summed E-state index contributed by atoms with van der Waals surface area (Å²) in [5.41, 5.74) is 2.12. The van der Waals surface area contributed by atoms with Gasteiger partial charge in [-0.2, -0.15) is 0 Å². The predicted octanol–water partition coefficient (Wildman–Crippen LogP) is 1.96. The monoisotopic (exact) mass is 333 g/mol. The molecule has 6 heteroatoms. The molecule has 2 aliphatic rings. The van der Waals surface area contributed by atoms with Crippen molar-refractivity contribution < 1.29 is 9.53 Å². The van der Waals surface area contributed by atoms with E-state index in [0.29, 0.717) is 18.1 Å². The fourth-order valence-corrected chi connectivity index (χ4v) is 3.13. The normalized spacial score (nSPS) is 20.8. The second kappa shape index (κ2) is 7.75. The molecule has 2 heterocycles. The molecule has 1 atom stereocenters. The Bertz CT molecular complexity index is 555. The summed E-state index contributed by atoms with van der Waals surface area (Å²) in [6, 6.07) is 8.08. The first kappa shape index (κ1) is 16.2. The molecule has 1 aromatic carbocycles. The number of hydrogen-bond donors (Lipinski definition) is 2. The van der Waals surface area contributed by atoms with Crippen LogP contribution in [0.4, 0.5) is 5.69 Å². The van der Waals surface area contributed by atoms with Crippen LogP contribution in [0.2, 0.25) is 0 Å². The fourth-order valence-electron chi connectivity index (χ4n) is 2.97. The average Bonchev–Trinajstić information content (AvgIpc) is 3.23. The SMILES string of the molecule is O=C1CCCN1c1ccc(CNC(=S)NC[C@@H]2CCCO2)cc1. The molecule has 0 bridgehead atoms. The molecule has 0 spiro atoms. The molecular weight excluding hydrogens is 310 g/mol. The molecule has 2 N–H and O–H groups in total. The molecule has 0 aliphatic carbocycles. The van der Waals surface area contributed by atoms with Gasteiger partial charge in [-0.1, -0.05) is 12.1 Å². The number of benzene rings is 1. The molecule has 1 amide bonds. The molecule has 2 saturated heterocycles. The summed E-state index contributed by atoms with van der Waals surface area (Å²) in [6.45, 7) is 3.12. The van der Waals surface area contributed by atoms with E-state index in [0.717, 1.165) is 50.2 Å². The number of carbonyl (C=O) groups is 1. The van der Waals surface area contributed by atoms with Crippen LogP contribution < -0.4 is 15.5 Å². The highest BCUT2D eigenvalue weighted by Gasteiger charge is 2.21. The highest BCUT2D eigenvalue weighted by Crippen LogP contribution is 2.21. The second-order valence-corrected chi connectivity index (χ2v) is 6.42. The largest absolute Gasteiger partial charge is 0.376 e. The number of thiocarbonyl (C=S) groups is 1. The minimum absolute atomic E-state index is 0.218. The Balaban J connectivity index is 1.42. The topological polar surface area (TPSA) is 53.6 Å². The summed E-state index contributed by atoms with van der Waals surface area (Å²) >= 11 is 5.29. The van der Waals surface area contributed by atoms with Gasteiger partial charge in [-0.3, -0.25) is 4.79 Å². The van der Waals surface area contributed by atoms with Gasteiger partial charge in [0, 0.05) is 38.3 Å². The molecule has 3 rings (SSSR count). The van der Waals surface area contributed by atoms with E-state index in [4.69, 9.17) is 17.0 Å². The van der Waals surface area contributed by atoms with Gasteiger partial charge in [-0.15, -0.1) is 0 Å². The lowest BCUT2D eigenvalue weighted by Gasteiger charge is -2.16. The average molecular weight is 333 g/mol. The van der Waals surface area contributed by atoms with Crippen LogP contribution in [0.5, 0.6) is 0 Å². The van der Waals surface area contributed by atoms with E-state index in [1.807, 2.05) is 29.2 Å². The molecule has 0 radical (unpaired) electrons. The van der Waals surface area contributed by atoms with Crippen LogP contribution in [0.15, 0.2) is 24.3 Å². The third-order valence-electron chi connectivity index (χ3n) is 4.29. The molecule has 0 unspecified atom stereocenters. The summed E-state index contributed by atoms with van der Waals surface area (Å²) in [4.78, 5) is 13.6. The van der Waals surface area contributed by atoms with Crippen molar-refractivity contribution in [2.45, 2.75) is 38.3 Å². The van der Waals surface area contributed by atoms with Crippen LogP contribution in [0.1, 0.15) is 31.2 Å². The van der Waals surface area contributed by atoms with E-state index in [9.17, 15) is 4.79 Å². The molecular formula is C17H23N3O2S. The van der Waals surface area contributed by atoms with Gasteiger partial charge in [-0.05, 0) is 49.2 Å². The number of nitrogens with one attached hydrogen (secondary N) is 2. The number of anilines is 1. The maximum Gasteiger partial charge on any atom is 0.227 e. The zero-order valence-corrected chi connectivity index (χ0v) is 14.0. The minimum Gasteiger partial charge on any atom is -0.376 e. The third-order valence-corrected chi connectivity index (χ3v) is 4.58. The molecule has 5 nitrogen and oxygen atoms in total. The molecule has 2 fully saturated rings. The van der Waals surface area contributed by atoms with Crippen molar-refractivity contribution in [3.63, 3.8) is 0 Å². The molecule has 124 valence electrons. The van der Waals surface area contributed by atoms with Gasteiger partial charge in [0.15, 0.2) is 5.11 Å². The summed E-state index contributed by atoms with van der Waals surface area (Å²) < 4.78 is 5.55. The van der Waals surface area contributed by atoms with E-state index in [2.05, 4.69) is 10.6 Å². The van der Waals surface area contributed by atoms with E-state index in [1.165, 1.54) is 0 Å². The lowest BCUT2D eigenvalue weighted by Crippen LogP contribution is -2.39. The highest BCUT2D eigenvalue weighted by molar-refractivity contribution is 7.80. The zero-order valence-electron chi connectivity index (χ0n) is 13.2. The van der Waals surface area contributed by atoms with Crippen molar-refractivity contribution in [3.05, 3.63) is 29.8 Å². The summed E-state index contributed by atoms with van der Waals surface area (Å²) in [7, 11) is 0. The standard InChI is InChI=1S/C17H23N3O2S/c21-16-4-1-9-20(16)14-7-5-13(6-8-14)11-18-17(23)19-12-15-3-2-10-22-15/h5-8,15H,1-4,9-12H2,(H2,18,19,23)/t15-/m0/s1. The predicted molar refractivity (Wildman–Crippen MR) is 94.4 cm³/mol. The molecule has 2 aliphatic heterocycles. The van der Waals surface area contributed by atoms with Gasteiger partial charge >= 0.3 is 0 Å². The summed E-state index contributed by atoms with van der Waals surface area (Å²) in [6.07, 6.45) is 4.14. The molecule has 1 aromatic rings. The van der Waals surface area contributed by atoms with Crippen molar-refractivity contribution >= 4 is 28.9 Å². The van der Waals surface area contributed by atoms with Gasteiger partial charge in [0.05, 0.1) is 6.10 Å². The van der Waals surface area contributed by atoms with Crippen LogP contribution in [0, 0.1) is 0 Å². The Morgan fingerprint density at radius 1 is 1.26 bits per heavy atom. The molecule has 0 aromatic heterocycles. The van der Waals surface area contributed by atoms with Crippen molar-refractivity contribution in [2.24, 2.45) is 0 Å². The number of carbonyl (C=O) groups excluding carboxylic acids is 1. The maximum atomic E-state index is 11.7. The Morgan fingerprint density at radius 2 is 2.09 bits per heavy atom. The first-order valence-electron chi connectivity index (χ1n) is 8.25. The van der Waals surface area contributed by atoms with Crippen LogP contribution in [-0.4, -0.2) is 36.8 Å². The Hall–Kier alpha value is -1.66. The number of ether oxygens (including phenoxy) is 1. The fraction of sp³-hybridized carbons (Fsp3) is 0.529. The number of nitrogens with zero attached hydrogens (tertiary/aromatic N) is 1. The lowest BCUT2D eigenvalue weighted by atomic mass is 10.2. The Kier molecular flexibility index (Phi) is 5.46. The first-order valence-corrected chi connectivity index (χ1v) is 8.66. The number of hydrogen-bond acceptors (Lipinski definition) is 3. The minimum atomic E-state index is 0.218. The van der Waals surface area contributed by atoms with Crippen LogP contribution in [-0.2, 0) is 16.1 Å². The number of amides is 1. The van der Waals surface area contributed by atoms with Crippen molar-refractivity contribution in [1.29, 1.82) is 0 Å². The Labute approximate surface area is 142 Å². The van der Waals surface area contributed by atoms with Crippen LogP contribution >= 0.6 is 12.2 Å². The highest BCUT2D eigenvalue weighted by atomic mass is 32.1. The third kappa shape index (κ3) is 4.42. The Morgan fingerprint density at radius 3 is 2.74 bits per heavy atom. The van der Waals surface area contributed by atoms with Gasteiger partial charge in [0.1, 0.15) is 0 Å². The van der Waals surface area contributed by atoms with Crippen LogP contribution in [0.25, 0.3) is 0 Å². The lowest BCUT2D eigenvalue weighted by molar-refractivity contribution is -0.117. The molecule has 0 saturated carbocycles. The first-order chi connectivity index (χ1) is 11.2.